The number of hydrogen-bond acceptors (Lipinski definition) is 4. The van der Waals surface area contributed by atoms with E-state index in [1.54, 1.807) is 12.1 Å². The maximum absolute atomic E-state index is 13.0. The van der Waals surface area contributed by atoms with Gasteiger partial charge in [0.15, 0.2) is 0 Å². The van der Waals surface area contributed by atoms with E-state index in [4.69, 9.17) is 4.74 Å². The van der Waals surface area contributed by atoms with E-state index in [1.807, 2.05) is 0 Å². The fourth-order valence-corrected chi connectivity index (χ4v) is 2.55. The highest BCUT2D eigenvalue weighted by Gasteiger charge is 2.36. The summed E-state index contributed by atoms with van der Waals surface area (Å²) in [6.07, 6.45) is 0.741. The number of rotatable bonds is 4. The van der Waals surface area contributed by atoms with Crippen molar-refractivity contribution in [2.75, 3.05) is 11.4 Å². The number of hydrogen-bond donors (Lipinski definition) is 0. The SMILES string of the molecule is O=Cc1ccc(OC(=O)[C@H]2CC(=O)N(c3ccc(F)cc3)C2)cc1. The van der Waals surface area contributed by atoms with E-state index in [2.05, 4.69) is 0 Å². The average Bonchev–Trinajstić information content (AvgIpc) is 2.98. The maximum atomic E-state index is 13.0. The second-order valence-electron chi connectivity index (χ2n) is 5.49. The molecule has 1 amide bonds. The number of halogens is 1. The lowest BCUT2D eigenvalue weighted by Crippen LogP contribution is -2.27. The molecule has 0 saturated carbocycles. The molecule has 0 aromatic heterocycles. The number of amides is 1. The van der Waals surface area contributed by atoms with Gasteiger partial charge in [-0.3, -0.25) is 14.4 Å². The zero-order valence-corrected chi connectivity index (χ0v) is 12.6. The second kappa shape index (κ2) is 6.62. The van der Waals surface area contributed by atoms with Gasteiger partial charge < -0.3 is 9.64 Å². The van der Waals surface area contributed by atoms with Gasteiger partial charge >= 0.3 is 5.97 Å². The molecule has 6 heteroatoms. The van der Waals surface area contributed by atoms with Crippen LogP contribution in [-0.4, -0.2) is 24.7 Å². The lowest BCUT2D eigenvalue weighted by atomic mass is 10.1. The van der Waals surface area contributed by atoms with Gasteiger partial charge in [0.25, 0.3) is 0 Å². The van der Waals surface area contributed by atoms with Crippen molar-refractivity contribution in [3.05, 3.63) is 59.9 Å². The van der Waals surface area contributed by atoms with Crippen molar-refractivity contribution in [2.45, 2.75) is 6.42 Å². The molecule has 1 aliphatic rings. The second-order valence-corrected chi connectivity index (χ2v) is 5.49. The molecular formula is C18H14FNO4. The maximum Gasteiger partial charge on any atom is 0.316 e. The van der Waals surface area contributed by atoms with Gasteiger partial charge in [0.2, 0.25) is 5.91 Å². The molecule has 1 atom stereocenters. The first-order valence-corrected chi connectivity index (χ1v) is 7.39. The number of carbonyl (C=O) groups is 3. The molecule has 0 N–H and O–H groups in total. The number of ether oxygens (including phenoxy) is 1. The van der Waals surface area contributed by atoms with Gasteiger partial charge in [-0.2, -0.15) is 0 Å². The molecule has 24 heavy (non-hydrogen) atoms. The smallest absolute Gasteiger partial charge is 0.316 e. The Morgan fingerprint density at radius 1 is 1.12 bits per heavy atom. The summed E-state index contributed by atoms with van der Waals surface area (Å²) in [6.45, 7) is 0.190. The molecule has 122 valence electrons. The van der Waals surface area contributed by atoms with Crippen LogP contribution in [0.2, 0.25) is 0 Å². The van der Waals surface area contributed by atoms with Crippen LogP contribution in [0.15, 0.2) is 48.5 Å². The molecule has 0 radical (unpaired) electrons. The molecule has 2 aromatic carbocycles. The number of aldehydes is 1. The third-order valence-electron chi connectivity index (χ3n) is 3.83. The summed E-state index contributed by atoms with van der Waals surface area (Å²) in [5.74, 6) is -1.38. The fraction of sp³-hybridized carbons (Fsp3) is 0.167. The first-order chi connectivity index (χ1) is 11.6. The van der Waals surface area contributed by atoms with Crippen molar-refractivity contribution in [1.82, 2.24) is 0 Å². The Morgan fingerprint density at radius 2 is 1.79 bits per heavy atom. The Kier molecular flexibility index (Phi) is 4.37. The topological polar surface area (TPSA) is 63.7 Å². The van der Waals surface area contributed by atoms with E-state index in [-0.39, 0.29) is 24.7 Å². The van der Waals surface area contributed by atoms with Crippen molar-refractivity contribution in [1.29, 1.82) is 0 Å². The third-order valence-corrected chi connectivity index (χ3v) is 3.83. The summed E-state index contributed by atoms with van der Waals surface area (Å²) in [6, 6.07) is 11.7. The van der Waals surface area contributed by atoms with Crippen LogP contribution < -0.4 is 9.64 Å². The first kappa shape index (κ1) is 15.9. The molecule has 0 spiro atoms. The Hall–Kier alpha value is -3.02. The van der Waals surface area contributed by atoms with E-state index in [1.165, 1.54) is 41.3 Å². The fourth-order valence-electron chi connectivity index (χ4n) is 2.55. The van der Waals surface area contributed by atoms with Gasteiger partial charge in [-0.15, -0.1) is 0 Å². The standard InChI is InChI=1S/C18H14FNO4/c19-14-3-5-15(6-4-14)20-10-13(9-17(20)22)18(23)24-16-7-1-12(11-21)2-8-16/h1-8,11,13H,9-10H2/t13-/m0/s1. The predicted molar refractivity (Wildman–Crippen MR) is 84.3 cm³/mol. The van der Waals surface area contributed by atoms with Crippen molar-refractivity contribution >= 4 is 23.9 Å². The van der Waals surface area contributed by atoms with E-state index in [0.29, 0.717) is 23.3 Å². The van der Waals surface area contributed by atoms with E-state index < -0.39 is 11.9 Å². The predicted octanol–water partition coefficient (Wildman–Crippen LogP) is 2.60. The van der Waals surface area contributed by atoms with Crippen LogP contribution in [0.1, 0.15) is 16.8 Å². The van der Waals surface area contributed by atoms with Crippen molar-refractivity contribution < 1.29 is 23.5 Å². The van der Waals surface area contributed by atoms with Crippen molar-refractivity contribution in [2.24, 2.45) is 5.92 Å². The van der Waals surface area contributed by atoms with Gasteiger partial charge in [0.1, 0.15) is 17.9 Å². The largest absolute Gasteiger partial charge is 0.426 e. The Labute approximate surface area is 137 Å². The van der Waals surface area contributed by atoms with E-state index in [9.17, 15) is 18.8 Å². The van der Waals surface area contributed by atoms with Gasteiger partial charge in [-0.05, 0) is 48.5 Å². The summed E-state index contributed by atoms with van der Waals surface area (Å²) < 4.78 is 18.2. The highest BCUT2D eigenvalue weighted by molar-refractivity contribution is 5.99. The summed E-state index contributed by atoms with van der Waals surface area (Å²) >= 11 is 0. The molecule has 0 bridgehead atoms. The normalized spacial score (nSPS) is 17.0. The molecule has 1 heterocycles. The molecular weight excluding hydrogens is 313 g/mol. The molecule has 0 unspecified atom stereocenters. The number of nitrogens with zero attached hydrogens (tertiary/aromatic N) is 1. The Morgan fingerprint density at radius 3 is 2.42 bits per heavy atom. The van der Waals surface area contributed by atoms with E-state index >= 15 is 0 Å². The van der Waals surface area contributed by atoms with Crippen LogP contribution in [0.4, 0.5) is 10.1 Å². The monoisotopic (exact) mass is 327 g/mol. The molecule has 3 rings (SSSR count). The molecule has 5 nitrogen and oxygen atoms in total. The molecule has 0 aliphatic carbocycles. The van der Waals surface area contributed by atoms with Crippen LogP contribution >= 0.6 is 0 Å². The third kappa shape index (κ3) is 3.32. The Balaban J connectivity index is 1.67. The summed E-state index contributed by atoms with van der Waals surface area (Å²) in [5.41, 5.74) is 1.03. The first-order valence-electron chi connectivity index (χ1n) is 7.39. The van der Waals surface area contributed by atoms with Gasteiger partial charge in [-0.25, -0.2) is 4.39 Å². The lowest BCUT2D eigenvalue weighted by molar-refractivity contribution is -0.139. The van der Waals surface area contributed by atoms with Crippen LogP contribution in [0.5, 0.6) is 5.75 Å². The highest BCUT2D eigenvalue weighted by atomic mass is 19.1. The number of benzene rings is 2. The van der Waals surface area contributed by atoms with Crippen molar-refractivity contribution in [3.63, 3.8) is 0 Å². The van der Waals surface area contributed by atoms with Crippen LogP contribution in [0.25, 0.3) is 0 Å². The Bertz CT molecular complexity index is 771. The quantitative estimate of drug-likeness (QED) is 0.492. The lowest BCUT2D eigenvalue weighted by Gasteiger charge is -2.16. The molecule has 1 saturated heterocycles. The zero-order chi connectivity index (χ0) is 17.1. The van der Waals surface area contributed by atoms with Crippen LogP contribution in [0, 0.1) is 11.7 Å². The summed E-state index contributed by atoms with van der Waals surface area (Å²) in [7, 11) is 0. The highest BCUT2D eigenvalue weighted by Crippen LogP contribution is 2.26. The van der Waals surface area contributed by atoms with Crippen molar-refractivity contribution in [3.8, 4) is 5.75 Å². The number of esters is 1. The number of anilines is 1. The molecule has 1 fully saturated rings. The number of carbonyl (C=O) groups excluding carboxylic acids is 3. The minimum absolute atomic E-state index is 0.0443. The molecule has 1 aliphatic heterocycles. The van der Waals surface area contributed by atoms with Crippen LogP contribution in [0.3, 0.4) is 0 Å². The summed E-state index contributed by atoms with van der Waals surface area (Å²) in [5, 5.41) is 0. The summed E-state index contributed by atoms with van der Waals surface area (Å²) in [4.78, 5) is 36.4. The zero-order valence-electron chi connectivity index (χ0n) is 12.6. The van der Waals surface area contributed by atoms with E-state index in [0.717, 1.165) is 0 Å². The van der Waals surface area contributed by atoms with Crippen LogP contribution in [-0.2, 0) is 9.59 Å². The minimum Gasteiger partial charge on any atom is -0.426 e. The average molecular weight is 327 g/mol. The van der Waals surface area contributed by atoms with Gasteiger partial charge in [0, 0.05) is 24.2 Å². The minimum atomic E-state index is -0.590. The van der Waals surface area contributed by atoms with Gasteiger partial charge in [-0.1, -0.05) is 0 Å². The molecule has 2 aromatic rings. The van der Waals surface area contributed by atoms with Gasteiger partial charge in [0.05, 0.1) is 5.92 Å².